The summed E-state index contributed by atoms with van der Waals surface area (Å²) in [7, 11) is 0. The van der Waals surface area contributed by atoms with Crippen molar-refractivity contribution in [2.75, 3.05) is 26.4 Å². The van der Waals surface area contributed by atoms with Gasteiger partial charge in [0.1, 0.15) is 6.61 Å². The van der Waals surface area contributed by atoms with Gasteiger partial charge in [-0.15, -0.1) is 0 Å². The largest absolute Gasteiger partial charge is 0.490 e. The lowest BCUT2D eigenvalue weighted by Gasteiger charge is -2.13. The summed E-state index contributed by atoms with van der Waals surface area (Å²) in [6.07, 6.45) is 2.00. The summed E-state index contributed by atoms with van der Waals surface area (Å²) < 4.78 is 21.7. The third-order valence-corrected chi connectivity index (χ3v) is 3.20. The summed E-state index contributed by atoms with van der Waals surface area (Å²) in [5, 5.41) is 0. The van der Waals surface area contributed by atoms with Gasteiger partial charge in [-0.2, -0.15) is 0 Å². The minimum Gasteiger partial charge on any atom is -0.490 e. The Bertz CT molecular complexity index is 466. The Kier molecular flexibility index (Phi) is 5.87. The van der Waals surface area contributed by atoms with Crippen molar-refractivity contribution in [1.29, 1.82) is 0 Å². The molecule has 1 aromatic rings. The highest BCUT2D eigenvalue weighted by Gasteiger charge is 2.19. The van der Waals surface area contributed by atoms with Crippen LogP contribution in [0.15, 0.2) is 18.2 Å². The maximum absolute atomic E-state index is 12.1. The van der Waals surface area contributed by atoms with Crippen LogP contribution in [-0.2, 0) is 9.47 Å². The SMILES string of the molecule is CCOc1ccc(C(=O)OCC2CCCO2)cc1OCC. The van der Waals surface area contributed by atoms with Gasteiger partial charge in [0.2, 0.25) is 0 Å². The lowest BCUT2D eigenvalue weighted by Crippen LogP contribution is -2.18. The first-order valence-corrected chi connectivity index (χ1v) is 7.43. The molecule has 1 aromatic carbocycles. The van der Waals surface area contributed by atoms with E-state index in [0.717, 1.165) is 19.4 Å². The Morgan fingerprint density at radius 1 is 1.24 bits per heavy atom. The van der Waals surface area contributed by atoms with Crippen LogP contribution in [0.25, 0.3) is 0 Å². The first-order chi connectivity index (χ1) is 10.2. The van der Waals surface area contributed by atoms with Crippen molar-refractivity contribution in [2.45, 2.75) is 32.8 Å². The third kappa shape index (κ3) is 4.36. The maximum Gasteiger partial charge on any atom is 0.338 e. The van der Waals surface area contributed by atoms with Crippen molar-refractivity contribution < 1.29 is 23.7 Å². The molecule has 5 heteroatoms. The monoisotopic (exact) mass is 294 g/mol. The topological polar surface area (TPSA) is 54.0 Å². The minimum atomic E-state index is -0.366. The molecule has 0 bridgehead atoms. The number of esters is 1. The van der Waals surface area contributed by atoms with Crippen LogP contribution in [0.4, 0.5) is 0 Å². The molecule has 1 aliphatic heterocycles. The fraction of sp³-hybridized carbons (Fsp3) is 0.562. The van der Waals surface area contributed by atoms with E-state index < -0.39 is 0 Å². The van der Waals surface area contributed by atoms with Crippen LogP contribution in [-0.4, -0.2) is 38.5 Å². The van der Waals surface area contributed by atoms with Crippen molar-refractivity contribution in [3.05, 3.63) is 23.8 Å². The number of carbonyl (C=O) groups excluding carboxylic acids is 1. The van der Waals surface area contributed by atoms with Crippen LogP contribution >= 0.6 is 0 Å². The predicted octanol–water partition coefficient (Wildman–Crippen LogP) is 2.82. The Morgan fingerprint density at radius 2 is 2.00 bits per heavy atom. The zero-order valence-electron chi connectivity index (χ0n) is 12.6. The van der Waals surface area contributed by atoms with Crippen molar-refractivity contribution >= 4 is 5.97 Å². The molecule has 1 fully saturated rings. The van der Waals surface area contributed by atoms with E-state index in [1.54, 1.807) is 18.2 Å². The molecule has 116 valence electrons. The van der Waals surface area contributed by atoms with E-state index in [-0.39, 0.29) is 12.1 Å². The molecule has 2 rings (SSSR count). The number of benzene rings is 1. The summed E-state index contributed by atoms with van der Waals surface area (Å²) in [6, 6.07) is 5.08. The molecule has 1 atom stereocenters. The van der Waals surface area contributed by atoms with Gasteiger partial charge in [-0.3, -0.25) is 0 Å². The highest BCUT2D eigenvalue weighted by Crippen LogP contribution is 2.29. The number of ether oxygens (including phenoxy) is 4. The minimum absolute atomic E-state index is 0.0306. The zero-order chi connectivity index (χ0) is 15.1. The molecule has 1 unspecified atom stereocenters. The van der Waals surface area contributed by atoms with E-state index >= 15 is 0 Å². The molecule has 0 spiro atoms. The van der Waals surface area contributed by atoms with E-state index in [0.29, 0.717) is 36.9 Å². The summed E-state index contributed by atoms with van der Waals surface area (Å²) in [6.45, 7) is 5.89. The lowest BCUT2D eigenvalue weighted by molar-refractivity contribution is 0.0161. The van der Waals surface area contributed by atoms with Crippen molar-refractivity contribution in [2.24, 2.45) is 0 Å². The highest BCUT2D eigenvalue weighted by atomic mass is 16.6. The number of hydrogen-bond acceptors (Lipinski definition) is 5. The fourth-order valence-corrected chi connectivity index (χ4v) is 2.21. The van der Waals surface area contributed by atoms with Crippen LogP contribution in [0.1, 0.15) is 37.0 Å². The normalized spacial score (nSPS) is 17.5. The second kappa shape index (κ2) is 7.88. The van der Waals surface area contributed by atoms with Crippen LogP contribution in [0.5, 0.6) is 11.5 Å². The van der Waals surface area contributed by atoms with Gasteiger partial charge in [0, 0.05) is 6.61 Å². The Labute approximate surface area is 125 Å². The van der Waals surface area contributed by atoms with Gasteiger partial charge in [0.15, 0.2) is 11.5 Å². The van der Waals surface area contributed by atoms with Crippen LogP contribution in [0.3, 0.4) is 0 Å². The molecule has 0 saturated carbocycles. The first kappa shape index (κ1) is 15.6. The molecule has 0 aromatic heterocycles. The molecule has 0 N–H and O–H groups in total. The molecule has 0 aliphatic carbocycles. The summed E-state index contributed by atoms with van der Waals surface area (Å²) in [5.74, 6) is 0.829. The van der Waals surface area contributed by atoms with Crippen LogP contribution < -0.4 is 9.47 Å². The third-order valence-electron chi connectivity index (χ3n) is 3.20. The molecule has 5 nitrogen and oxygen atoms in total. The van der Waals surface area contributed by atoms with Gasteiger partial charge in [-0.05, 0) is 44.9 Å². The quantitative estimate of drug-likeness (QED) is 0.724. The molecular weight excluding hydrogens is 272 g/mol. The molecule has 1 heterocycles. The summed E-state index contributed by atoms with van der Waals surface area (Å²) >= 11 is 0. The van der Waals surface area contributed by atoms with E-state index in [1.807, 2.05) is 13.8 Å². The molecule has 0 radical (unpaired) electrons. The fourth-order valence-electron chi connectivity index (χ4n) is 2.21. The molecule has 1 saturated heterocycles. The zero-order valence-corrected chi connectivity index (χ0v) is 12.6. The van der Waals surface area contributed by atoms with E-state index in [1.165, 1.54) is 0 Å². The van der Waals surface area contributed by atoms with Gasteiger partial charge in [-0.1, -0.05) is 0 Å². The van der Waals surface area contributed by atoms with Gasteiger partial charge in [0.05, 0.1) is 24.9 Å². The van der Waals surface area contributed by atoms with E-state index in [2.05, 4.69) is 0 Å². The second-order valence-electron chi connectivity index (χ2n) is 4.76. The Balaban J connectivity index is 2.00. The average Bonchev–Trinajstić information content (AvgIpc) is 3.00. The van der Waals surface area contributed by atoms with Crippen LogP contribution in [0, 0.1) is 0 Å². The van der Waals surface area contributed by atoms with E-state index in [9.17, 15) is 4.79 Å². The average molecular weight is 294 g/mol. The van der Waals surface area contributed by atoms with Crippen molar-refractivity contribution in [1.82, 2.24) is 0 Å². The summed E-state index contributed by atoms with van der Waals surface area (Å²) in [5.41, 5.74) is 0.458. The van der Waals surface area contributed by atoms with Gasteiger partial charge < -0.3 is 18.9 Å². The molecule has 0 amide bonds. The molecular formula is C16H22O5. The number of carbonyl (C=O) groups is 1. The number of hydrogen-bond donors (Lipinski definition) is 0. The van der Waals surface area contributed by atoms with Gasteiger partial charge in [0.25, 0.3) is 0 Å². The van der Waals surface area contributed by atoms with Gasteiger partial charge in [-0.25, -0.2) is 4.79 Å². The van der Waals surface area contributed by atoms with E-state index in [4.69, 9.17) is 18.9 Å². The van der Waals surface area contributed by atoms with Crippen LogP contribution in [0.2, 0.25) is 0 Å². The Hall–Kier alpha value is -1.75. The van der Waals surface area contributed by atoms with Gasteiger partial charge >= 0.3 is 5.97 Å². The van der Waals surface area contributed by atoms with Crippen molar-refractivity contribution in [3.63, 3.8) is 0 Å². The second-order valence-corrected chi connectivity index (χ2v) is 4.76. The maximum atomic E-state index is 12.1. The lowest BCUT2D eigenvalue weighted by atomic mass is 10.2. The van der Waals surface area contributed by atoms with Crippen molar-refractivity contribution in [3.8, 4) is 11.5 Å². The Morgan fingerprint density at radius 3 is 2.67 bits per heavy atom. The molecule has 21 heavy (non-hydrogen) atoms. The standard InChI is InChI=1S/C16H22O5/c1-3-18-14-8-7-12(10-15(14)19-4-2)16(17)21-11-13-6-5-9-20-13/h7-8,10,13H,3-6,9,11H2,1-2H3. The highest BCUT2D eigenvalue weighted by molar-refractivity contribution is 5.90. The smallest absolute Gasteiger partial charge is 0.338 e. The predicted molar refractivity (Wildman–Crippen MR) is 78.0 cm³/mol. The summed E-state index contributed by atoms with van der Waals surface area (Å²) in [4.78, 5) is 12.1. The number of rotatable bonds is 7. The first-order valence-electron chi connectivity index (χ1n) is 7.43. The molecule has 1 aliphatic rings.